The summed E-state index contributed by atoms with van der Waals surface area (Å²) in [7, 11) is -0.543. The van der Waals surface area contributed by atoms with E-state index in [1.54, 1.807) is 0 Å². The topological polar surface area (TPSA) is 35.5 Å². The van der Waals surface area contributed by atoms with E-state index in [0.29, 0.717) is 19.6 Å². The van der Waals surface area contributed by atoms with Gasteiger partial charge < -0.3 is 9.47 Å². The highest BCUT2D eigenvalue weighted by atomic mass is 35.5. The molecule has 1 aliphatic rings. The molecule has 0 bridgehead atoms. The van der Waals surface area contributed by atoms with Crippen molar-refractivity contribution in [1.82, 2.24) is 0 Å². The second-order valence-corrected chi connectivity index (χ2v) is 8.76. The number of benzene rings is 2. The molecule has 0 fully saturated rings. The molecular weight excluding hydrogens is 392 g/mol. The van der Waals surface area contributed by atoms with Gasteiger partial charge in [0, 0.05) is 16.9 Å². The maximum Gasteiger partial charge on any atom is 0.305 e. The molecule has 5 heteroatoms. The highest BCUT2D eigenvalue weighted by molar-refractivity contribution is 8.22. The Morgan fingerprint density at radius 1 is 1.14 bits per heavy atom. The van der Waals surface area contributed by atoms with Crippen molar-refractivity contribution < 1.29 is 14.3 Å². The number of allylic oxidation sites excluding steroid dienone is 1. The Morgan fingerprint density at radius 3 is 2.71 bits per heavy atom. The highest BCUT2D eigenvalue weighted by Gasteiger charge is 2.12. The number of hydrogen-bond donors (Lipinski definition) is 1. The van der Waals surface area contributed by atoms with Gasteiger partial charge in [-0.1, -0.05) is 48.0 Å². The van der Waals surface area contributed by atoms with E-state index < -0.39 is 10.9 Å². The summed E-state index contributed by atoms with van der Waals surface area (Å²) < 4.78 is 10.9. The van der Waals surface area contributed by atoms with Crippen LogP contribution in [-0.2, 0) is 27.3 Å². The van der Waals surface area contributed by atoms with Crippen LogP contribution in [0, 0.1) is 0 Å². The number of rotatable bonds is 9. The van der Waals surface area contributed by atoms with Crippen LogP contribution in [0.5, 0.6) is 0 Å². The number of carbonyl (C=O) groups is 1. The molecule has 1 atom stereocenters. The summed E-state index contributed by atoms with van der Waals surface area (Å²) >= 11 is 6.48. The zero-order chi connectivity index (χ0) is 19.8. The summed E-state index contributed by atoms with van der Waals surface area (Å²) in [6.45, 7) is 2.82. The van der Waals surface area contributed by atoms with E-state index in [4.69, 9.17) is 21.1 Å². The first kappa shape index (κ1) is 20.6. The van der Waals surface area contributed by atoms with Gasteiger partial charge in [0.15, 0.2) is 0 Å². The number of esters is 1. The molecule has 2 aromatic carbocycles. The summed E-state index contributed by atoms with van der Waals surface area (Å²) in [5, 5.41) is 5.11. The Kier molecular flexibility index (Phi) is 7.63. The van der Waals surface area contributed by atoms with Gasteiger partial charge in [0.2, 0.25) is 0 Å². The zero-order valence-electron chi connectivity index (χ0n) is 15.9. The molecule has 0 aliphatic carbocycles. The zero-order valence-corrected chi connectivity index (χ0v) is 17.6. The minimum absolute atomic E-state index is 0.150. The van der Waals surface area contributed by atoms with E-state index in [1.165, 1.54) is 4.90 Å². The molecular formula is C23H25ClO3S. The number of halogens is 1. The molecule has 1 heterocycles. The van der Waals surface area contributed by atoms with Gasteiger partial charge >= 0.3 is 5.97 Å². The first-order valence-electron chi connectivity index (χ1n) is 9.45. The maximum absolute atomic E-state index is 11.4. The van der Waals surface area contributed by atoms with E-state index >= 15 is 0 Å². The van der Waals surface area contributed by atoms with Crippen LogP contribution in [0.15, 0.2) is 76.1 Å². The Balaban J connectivity index is 1.54. The van der Waals surface area contributed by atoms with Crippen molar-refractivity contribution in [2.24, 2.45) is 0 Å². The Bertz CT molecular complexity index is 861. The average molecular weight is 417 g/mol. The first-order valence-corrected chi connectivity index (χ1v) is 11.3. The SMILES string of the molecule is CCOC(=O)CCCc1ccc([SH]2C=CC(OCc3ccccc3)=C2)cc1Cl. The highest BCUT2D eigenvalue weighted by Crippen LogP contribution is 2.45. The maximum atomic E-state index is 11.4. The van der Waals surface area contributed by atoms with E-state index in [0.717, 1.165) is 34.8 Å². The molecule has 0 saturated carbocycles. The fraction of sp³-hybridized carbons (Fsp3) is 0.261. The molecule has 0 saturated heterocycles. The molecule has 3 rings (SSSR count). The van der Waals surface area contributed by atoms with Gasteiger partial charge in [-0.25, -0.2) is 0 Å². The molecule has 1 unspecified atom stereocenters. The predicted octanol–water partition coefficient (Wildman–Crippen LogP) is 6.17. The van der Waals surface area contributed by atoms with Gasteiger partial charge in [0.05, 0.1) is 6.61 Å². The van der Waals surface area contributed by atoms with Crippen LogP contribution in [0.2, 0.25) is 5.02 Å². The third kappa shape index (κ3) is 5.91. The van der Waals surface area contributed by atoms with Crippen LogP contribution in [0.4, 0.5) is 0 Å². The standard InChI is InChI=1S/C23H25ClO3S/c1-2-26-23(25)10-6-9-19-11-12-21(15-22(19)24)28-14-13-20(17-28)27-16-18-7-4-3-5-8-18/h3-5,7-8,11-15,17,28H,2,6,9-10,16H2,1H3. The van der Waals surface area contributed by atoms with Gasteiger partial charge in [-0.05, 0) is 59.4 Å². The van der Waals surface area contributed by atoms with Gasteiger partial charge in [-0.3, -0.25) is 4.79 Å². The smallest absolute Gasteiger partial charge is 0.305 e. The van der Waals surface area contributed by atoms with Crippen LogP contribution < -0.4 is 0 Å². The average Bonchev–Trinajstić information content (AvgIpc) is 3.18. The number of hydrogen-bond acceptors (Lipinski definition) is 3. The fourth-order valence-electron chi connectivity index (χ4n) is 2.92. The summed E-state index contributed by atoms with van der Waals surface area (Å²) in [6, 6.07) is 16.4. The van der Waals surface area contributed by atoms with Crippen molar-refractivity contribution in [3.8, 4) is 0 Å². The Labute approximate surface area is 174 Å². The van der Waals surface area contributed by atoms with E-state index in [2.05, 4.69) is 35.1 Å². The van der Waals surface area contributed by atoms with E-state index in [1.807, 2.05) is 37.3 Å². The summed E-state index contributed by atoms with van der Waals surface area (Å²) in [5.74, 6) is 0.757. The lowest BCUT2D eigenvalue weighted by Crippen LogP contribution is -2.04. The molecule has 0 radical (unpaired) electrons. The van der Waals surface area contributed by atoms with Crippen molar-refractivity contribution in [3.63, 3.8) is 0 Å². The Hall–Kier alpha value is -2.17. The monoisotopic (exact) mass is 416 g/mol. The summed E-state index contributed by atoms with van der Waals surface area (Å²) in [4.78, 5) is 12.6. The molecule has 1 aliphatic heterocycles. The van der Waals surface area contributed by atoms with Crippen molar-refractivity contribution >= 4 is 28.5 Å². The Morgan fingerprint density at radius 2 is 1.96 bits per heavy atom. The third-order valence-electron chi connectivity index (χ3n) is 4.38. The van der Waals surface area contributed by atoms with Crippen LogP contribution >= 0.6 is 22.5 Å². The van der Waals surface area contributed by atoms with E-state index in [9.17, 15) is 4.79 Å². The minimum Gasteiger partial charge on any atom is -0.488 e. The minimum atomic E-state index is -0.543. The van der Waals surface area contributed by atoms with Crippen LogP contribution in [0.3, 0.4) is 0 Å². The first-order chi connectivity index (χ1) is 13.7. The molecule has 0 spiro atoms. The lowest BCUT2D eigenvalue weighted by molar-refractivity contribution is -0.143. The van der Waals surface area contributed by atoms with Gasteiger partial charge in [-0.15, -0.1) is 0 Å². The van der Waals surface area contributed by atoms with Crippen molar-refractivity contribution in [2.75, 3.05) is 6.61 Å². The van der Waals surface area contributed by atoms with Crippen LogP contribution in [0.25, 0.3) is 0 Å². The fourth-order valence-corrected chi connectivity index (χ4v) is 4.95. The molecule has 0 N–H and O–H groups in total. The summed E-state index contributed by atoms with van der Waals surface area (Å²) in [6.07, 6.45) is 3.97. The molecule has 3 nitrogen and oxygen atoms in total. The molecule has 0 amide bonds. The number of thiol groups is 1. The van der Waals surface area contributed by atoms with Crippen LogP contribution in [0.1, 0.15) is 30.9 Å². The number of aryl methyl sites for hydroxylation is 1. The molecule has 148 valence electrons. The van der Waals surface area contributed by atoms with Crippen molar-refractivity contribution in [3.05, 3.63) is 87.3 Å². The molecule has 0 aromatic heterocycles. The lowest BCUT2D eigenvalue weighted by Gasteiger charge is -2.13. The second kappa shape index (κ2) is 10.4. The summed E-state index contributed by atoms with van der Waals surface area (Å²) in [5.41, 5.74) is 2.22. The lowest BCUT2D eigenvalue weighted by atomic mass is 10.1. The van der Waals surface area contributed by atoms with Crippen molar-refractivity contribution in [2.45, 2.75) is 37.7 Å². The predicted molar refractivity (Wildman–Crippen MR) is 117 cm³/mol. The van der Waals surface area contributed by atoms with Gasteiger partial charge in [-0.2, -0.15) is 10.9 Å². The normalized spacial score (nSPS) is 16.6. The quantitative estimate of drug-likeness (QED) is 0.392. The number of ether oxygens (including phenoxy) is 2. The third-order valence-corrected chi connectivity index (χ3v) is 6.61. The molecule has 28 heavy (non-hydrogen) atoms. The molecule has 2 aromatic rings. The van der Waals surface area contributed by atoms with Crippen LogP contribution in [-0.4, -0.2) is 12.6 Å². The van der Waals surface area contributed by atoms with Crippen molar-refractivity contribution in [1.29, 1.82) is 0 Å². The van der Waals surface area contributed by atoms with Gasteiger partial charge in [0.25, 0.3) is 0 Å². The largest absolute Gasteiger partial charge is 0.488 e. The number of carbonyl (C=O) groups excluding carboxylic acids is 1. The van der Waals surface area contributed by atoms with Gasteiger partial charge in [0.1, 0.15) is 12.4 Å². The second-order valence-electron chi connectivity index (χ2n) is 6.46. The van der Waals surface area contributed by atoms with E-state index in [-0.39, 0.29) is 5.97 Å².